The lowest BCUT2D eigenvalue weighted by Gasteiger charge is -2.14. The Morgan fingerprint density at radius 2 is 1.49 bits per heavy atom. The Hall–Kier alpha value is -4.52. The number of nitro groups is 1. The summed E-state index contributed by atoms with van der Waals surface area (Å²) in [4.78, 5) is 10.7. The van der Waals surface area contributed by atoms with Crippen molar-refractivity contribution in [2.24, 2.45) is 5.10 Å². The van der Waals surface area contributed by atoms with Crippen LogP contribution in [-0.4, -0.2) is 47.5 Å². The minimum atomic E-state index is -4.15. The molecule has 37 heavy (non-hydrogen) atoms. The summed E-state index contributed by atoms with van der Waals surface area (Å²) >= 11 is 0. The molecule has 13 heteroatoms. The zero-order chi connectivity index (χ0) is 27.2. The third-order valence-corrected chi connectivity index (χ3v) is 6.62. The van der Waals surface area contributed by atoms with Gasteiger partial charge in [0.2, 0.25) is 5.75 Å². The number of nitrogens with one attached hydrogen (secondary N) is 2. The van der Waals surface area contributed by atoms with E-state index in [1.165, 1.54) is 46.6 Å². The zero-order valence-electron chi connectivity index (χ0n) is 20.8. The first-order chi connectivity index (χ1) is 17.6. The van der Waals surface area contributed by atoms with Crippen molar-refractivity contribution in [2.75, 3.05) is 38.6 Å². The van der Waals surface area contributed by atoms with E-state index in [-0.39, 0.29) is 16.3 Å². The van der Waals surface area contributed by atoms with E-state index in [1.807, 2.05) is 0 Å². The van der Waals surface area contributed by atoms with Crippen molar-refractivity contribution < 1.29 is 32.3 Å². The summed E-state index contributed by atoms with van der Waals surface area (Å²) in [6.45, 7) is 1.68. The molecule has 0 unspecified atom stereocenters. The van der Waals surface area contributed by atoms with Crippen LogP contribution in [0.3, 0.4) is 0 Å². The first-order valence-corrected chi connectivity index (χ1v) is 12.2. The van der Waals surface area contributed by atoms with Gasteiger partial charge < -0.3 is 18.9 Å². The normalized spacial score (nSPS) is 11.4. The van der Waals surface area contributed by atoms with E-state index in [9.17, 15) is 18.5 Å². The van der Waals surface area contributed by atoms with Crippen LogP contribution >= 0.6 is 0 Å². The van der Waals surface area contributed by atoms with E-state index in [0.717, 1.165) is 6.07 Å². The molecule has 0 aromatic heterocycles. The van der Waals surface area contributed by atoms with Crippen molar-refractivity contribution in [1.29, 1.82) is 0 Å². The number of benzene rings is 3. The van der Waals surface area contributed by atoms with Gasteiger partial charge in [-0.1, -0.05) is 12.1 Å². The molecule has 0 saturated carbocycles. The first-order valence-electron chi connectivity index (χ1n) is 10.7. The smallest absolute Gasteiger partial charge is 0.295 e. The maximum absolute atomic E-state index is 12.9. The number of sulfonamides is 1. The molecule has 2 N–H and O–H groups in total. The highest BCUT2D eigenvalue weighted by atomic mass is 32.2. The molecule has 3 rings (SSSR count). The molecule has 0 aliphatic rings. The summed E-state index contributed by atoms with van der Waals surface area (Å²) < 4.78 is 49.4. The Balaban J connectivity index is 1.93. The summed E-state index contributed by atoms with van der Waals surface area (Å²) in [5.41, 5.74) is 3.40. The minimum absolute atomic E-state index is 0.00645. The lowest BCUT2D eigenvalue weighted by molar-refractivity contribution is -0.384. The molecule has 0 spiro atoms. The SMILES string of the molecule is COc1ccccc1NS(=O)(=O)c1ccc(NN=C(C)c2cc(OC)c(OC)c(OC)c2)c([N+](=O)[O-])c1. The van der Waals surface area contributed by atoms with Gasteiger partial charge in [0.05, 0.1) is 49.7 Å². The highest BCUT2D eigenvalue weighted by molar-refractivity contribution is 7.92. The Morgan fingerprint density at radius 1 is 0.865 bits per heavy atom. The number of ether oxygens (including phenoxy) is 4. The fourth-order valence-corrected chi connectivity index (χ4v) is 4.45. The number of hydrazone groups is 1. The summed E-state index contributed by atoms with van der Waals surface area (Å²) in [5.74, 6) is 1.53. The predicted molar refractivity (Wildman–Crippen MR) is 139 cm³/mol. The average molecular weight is 531 g/mol. The number of methoxy groups -OCH3 is 4. The monoisotopic (exact) mass is 530 g/mol. The second-order valence-electron chi connectivity index (χ2n) is 7.46. The molecule has 0 fully saturated rings. The number of anilines is 2. The molecule has 196 valence electrons. The number of nitro benzene ring substituents is 1. The molecule has 3 aromatic carbocycles. The van der Waals surface area contributed by atoms with Crippen molar-refractivity contribution in [3.05, 3.63) is 70.3 Å². The first kappa shape index (κ1) is 27.1. The molecule has 0 heterocycles. The van der Waals surface area contributed by atoms with Crippen molar-refractivity contribution in [3.63, 3.8) is 0 Å². The van der Waals surface area contributed by atoms with Crippen molar-refractivity contribution in [2.45, 2.75) is 11.8 Å². The van der Waals surface area contributed by atoms with Gasteiger partial charge in [-0.15, -0.1) is 0 Å². The van der Waals surface area contributed by atoms with E-state index >= 15 is 0 Å². The van der Waals surface area contributed by atoms with Crippen LogP contribution < -0.4 is 29.1 Å². The van der Waals surface area contributed by atoms with Crippen LogP contribution in [0.5, 0.6) is 23.0 Å². The van der Waals surface area contributed by atoms with E-state index in [2.05, 4.69) is 15.2 Å². The molecule has 0 amide bonds. The maximum atomic E-state index is 12.9. The highest BCUT2D eigenvalue weighted by Gasteiger charge is 2.23. The number of hydrogen-bond donors (Lipinski definition) is 2. The predicted octanol–water partition coefficient (Wildman–Crippen LogP) is 4.27. The topological polar surface area (TPSA) is 151 Å². The Morgan fingerprint density at radius 3 is 2.05 bits per heavy atom. The Kier molecular flexibility index (Phi) is 8.40. The van der Waals surface area contributed by atoms with Crippen LogP contribution in [0.25, 0.3) is 0 Å². The van der Waals surface area contributed by atoms with Crippen LogP contribution in [0, 0.1) is 10.1 Å². The van der Waals surface area contributed by atoms with E-state index in [0.29, 0.717) is 34.3 Å². The lowest BCUT2D eigenvalue weighted by Crippen LogP contribution is -2.14. The molecule has 0 bridgehead atoms. The van der Waals surface area contributed by atoms with Crippen molar-refractivity contribution in [1.82, 2.24) is 0 Å². The van der Waals surface area contributed by atoms with Gasteiger partial charge in [-0.05, 0) is 43.3 Å². The van der Waals surface area contributed by atoms with Gasteiger partial charge in [0.15, 0.2) is 11.5 Å². The molecule has 0 saturated heterocycles. The van der Waals surface area contributed by atoms with Gasteiger partial charge in [0.1, 0.15) is 11.4 Å². The third-order valence-electron chi connectivity index (χ3n) is 5.25. The van der Waals surface area contributed by atoms with E-state index < -0.39 is 20.6 Å². The van der Waals surface area contributed by atoms with Gasteiger partial charge in [-0.3, -0.25) is 20.3 Å². The third kappa shape index (κ3) is 6.01. The van der Waals surface area contributed by atoms with Gasteiger partial charge in [0.25, 0.3) is 15.7 Å². The number of rotatable bonds is 11. The molecule has 3 aromatic rings. The largest absolute Gasteiger partial charge is 0.495 e. The van der Waals surface area contributed by atoms with Gasteiger partial charge in [-0.2, -0.15) is 5.10 Å². The summed E-state index contributed by atoms with van der Waals surface area (Å²) in [6, 6.07) is 13.2. The Labute approximate surface area is 214 Å². The summed E-state index contributed by atoms with van der Waals surface area (Å²) in [7, 11) is 1.69. The molecular formula is C24H26N4O8S. The fourth-order valence-electron chi connectivity index (χ4n) is 3.36. The maximum Gasteiger partial charge on any atom is 0.295 e. The number of nitrogens with zero attached hydrogens (tertiary/aromatic N) is 2. The number of para-hydroxylation sites is 2. The van der Waals surface area contributed by atoms with Gasteiger partial charge >= 0.3 is 0 Å². The molecule has 0 aliphatic heterocycles. The quantitative estimate of drug-likeness (QED) is 0.210. The number of hydrogen-bond acceptors (Lipinski definition) is 10. The summed E-state index contributed by atoms with van der Waals surface area (Å²) in [5, 5.41) is 16.0. The lowest BCUT2D eigenvalue weighted by atomic mass is 10.1. The van der Waals surface area contributed by atoms with Crippen molar-refractivity contribution in [3.8, 4) is 23.0 Å². The van der Waals surface area contributed by atoms with Gasteiger partial charge in [0, 0.05) is 11.6 Å². The minimum Gasteiger partial charge on any atom is -0.495 e. The molecule has 0 atom stereocenters. The van der Waals surface area contributed by atoms with Crippen LogP contribution in [0.4, 0.5) is 17.1 Å². The second kappa shape index (κ2) is 11.5. The van der Waals surface area contributed by atoms with Crippen LogP contribution in [0.1, 0.15) is 12.5 Å². The van der Waals surface area contributed by atoms with Gasteiger partial charge in [-0.25, -0.2) is 8.42 Å². The fraction of sp³-hybridized carbons (Fsp3) is 0.208. The highest BCUT2D eigenvalue weighted by Crippen LogP contribution is 2.38. The molecule has 12 nitrogen and oxygen atoms in total. The summed E-state index contributed by atoms with van der Waals surface area (Å²) in [6.07, 6.45) is 0. The van der Waals surface area contributed by atoms with Crippen molar-refractivity contribution >= 4 is 32.8 Å². The molecule has 0 aliphatic carbocycles. The standard InChI is InChI=1S/C24H26N4O8S/c1-15(16-12-22(34-3)24(36-5)23(13-16)35-4)25-26-18-11-10-17(14-20(18)28(29)30)37(31,32)27-19-8-6-7-9-21(19)33-2/h6-14,26-27H,1-5H3. The van der Waals surface area contributed by atoms with Crippen LogP contribution in [0.15, 0.2) is 64.6 Å². The van der Waals surface area contributed by atoms with E-state index in [4.69, 9.17) is 18.9 Å². The molecular weight excluding hydrogens is 504 g/mol. The Bertz CT molecular complexity index is 1420. The van der Waals surface area contributed by atoms with E-state index in [1.54, 1.807) is 37.3 Å². The molecule has 0 radical (unpaired) electrons. The second-order valence-corrected chi connectivity index (χ2v) is 9.15. The van der Waals surface area contributed by atoms with Crippen LogP contribution in [0.2, 0.25) is 0 Å². The zero-order valence-corrected chi connectivity index (χ0v) is 21.6. The van der Waals surface area contributed by atoms with Crippen LogP contribution in [-0.2, 0) is 10.0 Å². The average Bonchev–Trinajstić information content (AvgIpc) is 2.90.